The fourth-order valence-electron chi connectivity index (χ4n) is 5.30. The number of alkyl halides is 3. The molecular weight excluding hydrogens is 604 g/mol. The van der Waals surface area contributed by atoms with Crippen molar-refractivity contribution in [3.8, 4) is 11.5 Å². The highest BCUT2D eigenvalue weighted by Crippen LogP contribution is 2.41. The number of hydrogen-bond donors (Lipinski definition) is 2. The Morgan fingerprint density at radius 1 is 1.20 bits per heavy atom. The molecule has 0 aliphatic carbocycles. The molecule has 5 rings (SSSR count). The topological polar surface area (TPSA) is 95.8 Å². The van der Waals surface area contributed by atoms with Gasteiger partial charge in [0.05, 0.1) is 19.3 Å². The van der Waals surface area contributed by atoms with E-state index in [9.17, 15) is 27.5 Å². The van der Waals surface area contributed by atoms with Crippen LogP contribution in [0.5, 0.6) is 11.5 Å². The second-order valence-corrected chi connectivity index (χ2v) is 10.7. The smallest absolute Gasteiger partial charge is 0.419 e. The Kier molecular flexibility index (Phi) is 9.40. The molecule has 2 atom stereocenters. The summed E-state index contributed by atoms with van der Waals surface area (Å²) in [5.41, 5.74) is 0.460. The number of nitrogens with zero attached hydrogens (tertiary/aromatic N) is 3. The lowest BCUT2D eigenvalue weighted by atomic mass is 9.95. The Hall–Kier alpha value is -4.16. The van der Waals surface area contributed by atoms with Gasteiger partial charge in [0, 0.05) is 53.2 Å². The zero-order valence-electron chi connectivity index (χ0n) is 23.6. The predicted molar refractivity (Wildman–Crippen MR) is 160 cm³/mol. The van der Waals surface area contributed by atoms with Crippen molar-refractivity contribution in [2.24, 2.45) is 9.98 Å². The molecule has 13 heteroatoms. The predicted octanol–water partition coefficient (Wildman–Crippen LogP) is 6.21. The molecule has 0 bridgehead atoms. The van der Waals surface area contributed by atoms with Gasteiger partial charge in [-0.15, -0.1) is 0 Å². The fraction of sp³-hybridized carbons (Fsp3) is 0.323. The van der Waals surface area contributed by atoms with Crippen LogP contribution in [0, 0.1) is 5.82 Å². The molecule has 0 saturated heterocycles. The normalized spacial score (nSPS) is 16.8. The number of methoxy groups -OCH3 is 1. The minimum absolute atomic E-state index is 0.0247. The number of rotatable bonds is 9. The highest BCUT2D eigenvalue weighted by atomic mass is 35.5. The maximum Gasteiger partial charge on any atom is 0.419 e. The summed E-state index contributed by atoms with van der Waals surface area (Å²) >= 11 is 6.23. The summed E-state index contributed by atoms with van der Waals surface area (Å²) in [5, 5.41) is 12.9. The van der Waals surface area contributed by atoms with Crippen molar-refractivity contribution < 1.29 is 36.9 Å². The van der Waals surface area contributed by atoms with Gasteiger partial charge in [-0.2, -0.15) is 13.2 Å². The number of anilines is 2. The van der Waals surface area contributed by atoms with Gasteiger partial charge in [0.1, 0.15) is 36.3 Å². The van der Waals surface area contributed by atoms with Crippen molar-refractivity contribution >= 4 is 41.4 Å². The number of carbonyl (C=O) groups excluding carboxylic acids is 1. The van der Waals surface area contributed by atoms with Crippen LogP contribution in [0.2, 0.25) is 5.02 Å². The van der Waals surface area contributed by atoms with Crippen LogP contribution in [0.25, 0.3) is 0 Å². The summed E-state index contributed by atoms with van der Waals surface area (Å²) in [6.45, 7) is 0.197. The van der Waals surface area contributed by atoms with Gasteiger partial charge >= 0.3 is 6.18 Å². The van der Waals surface area contributed by atoms with Crippen molar-refractivity contribution in [1.82, 2.24) is 0 Å². The summed E-state index contributed by atoms with van der Waals surface area (Å²) in [7, 11) is 1.51. The number of fused-ring (bicyclic) bond motifs is 1. The Morgan fingerprint density at radius 3 is 2.77 bits per heavy atom. The molecule has 0 saturated carbocycles. The largest absolute Gasteiger partial charge is 0.497 e. The lowest BCUT2D eigenvalue weighted by Gasteiger charge is -2.28. The monoisotopic (exact) mass is 632 g/mol. The van der Waals surface area contributed by atoms with Crippen molar-refractivity contribution in [2.45, 2.75) is 31.0 Å². The average molecular weight is 633 g/mol. The number of hydrogen-bond acceptors (Lipinski definition) is 7. The highest BCUT2D eigenvalue weighted by Gasteiger charge is 2.39. The molecule has 2 aliphatic heterocycles. The molecule has 232 valence electrons. The van der Waals surface area contributed by atoms with E-state index in [1.807, 2.05) is 12.1 Å². The van der Waals surface area contributed by atoms with Crippen molar-refractivity contribution in [3.63, 3.8) is 0 Å². The quantitative estimate of drug-likeness (QED) is 0.274. The number of halogens is 5. The minimum Gasteiger partial charge on any atom is -0.497 e. The third-order valence-corrected chi connectivity index (χ3v) is 7.64. The maximum absolute atomic E-state index is 14.4. The van der Waals surface area contributed by atoms with E-state index in [-0.39, 0.29) is 49.1 Å². The van der Waals surface area contributed by atoms with E-state index in [4.69, 9.17) is 21.1 Å². The molecule has 2 N–H and O–H groups in total. The van der Waals surface area contributed by atoms with Crippen LogP contribution in [-0.2, 0) is 17.4 Å². The molecule has 3 aromatic rings. The molecule has 2 unspecified atom stereocenters. The maximum atomic E-state index is 14.4. The Bertz CT molecular complexity index is 1600. The minimum atomic E-state index is -4.95. The van der Waals surface area contributed by atoms with Crippen LogP contribution >= 0.6 is 11.6 Å². The second kappa shape index (κ2) is 13.2. The first-order chi connectivity index (χ1) is 21.1. The van der Waals surface area contributed by atoms with E-state index in [1.165, 1.54) is 24.4 Å². The van der Waals surface area contributed by atoms with Crippen molar-refractivity contribution in [1.29, 1.82) is 0 Å². The first-order valence-corrected chi connectivity index (χ1v) is 14.2. The number of aliphatic hydroxyl groups is 1. The summed E-state index contributed by atoms with van der Waals surface area (Å²) in [5.74, 6) is -1.40. The zero-order valence-corrected chi connectivity index (χ0v) is 24.3. The molecule has 44 heavy (non-hydrogen) atoms. The average Bonchev–Trinajstić information content (AvgIpc) is 3.20. The highest BCUT2D eigenvalue weighted by molar-refractivity contribution is 6.30. The number of amides is 1. The van der Waals surface area contributed by atoms with Crippen LogP contribution in [0.1, 0.15) is 40.6 Å². The number of nitrogens with one attached hydrogen (secondary N) is 1. The molecule has 0 spiro atoms. The van der Waals surface area contributed by atoms with E-state index in [0.717, 1.165) is 11.6 Å². The van der Waals surface area contributed by atoms with Crippen LogP contribution in [0.4, 0.5) is 28.9 Å². The van der Waals surface area contributed by atoms with Gasteiger partial charge in [-0.25, -0.2) is 9.38 Å². The summed E-state index contributed by atoms with van der Waals surface area (Å²) < 4.78 is 66.5. The van der Waals surface area contributed by atoms with E-state index >= 15 is 0 Å². The van der Waals surface area contributed by atoms with Crippen molar-refractivity contribution in [3.05, 3.63) is 81.6 Å². The first-order valence-electron chi connectivity index (χ1n) is 13.8. The van der Waals surface area contributed by atoms with E-state index in [0.29, 0.717) is 41.1 Å². The molecule has 2 aliphatic rings. The molecular formula is C31H29ClF4N4O4. The van der Waals surface area contributed by atoms with Gasteiger partial charge in [0.2, 0.25) is 0 Å². The summed E-state index contributed by atoms with van der Waals surface area (Å²) in [6.07, 6.45) is -0.820. The van der Waals surface area contributed by atoms with Gasteiger partial charge < -0.3 is 24.8 Å². The SMILES string of the molecule is COc1cc(NC(C(=O)N2CCc3cc(F)c(C(F)(F)F)cc32)c2ccc(Cl)cc2OCCO)cc(C2C=NC=NCC2)c1. The third-order valence-electron chi connectivity index (χ3n) is 7.40. The lowest BCUT2D eigenvalue weighted by molar-refractivity contribution is -0.140. The summed E-state index contributed by atoms with van der Waals surface area (Å²) in [4.78, 5) is 24.0. The molecule has 1 amide bonds. The van der Waals surface area contributed by atoms with E-state index in [2.05, 4.69) is 15.3 Å². The van der Waals surface area contributed by atoms with Gasteiger partial charge in [-0.05, 0) is 60.4 Å². The lowest BCUT2D eigenvalue weighted by Crippen LogP contribution is -2.37. The molecule has 8 nitrogen and oxygen atoms in total. The second-order valence-electron chi connectivity index (χ2n) is 10.2. The summed E-state index contributed by atoms with van der Waals surface area (Å²) in [6, 6.07) is 10.3. The standard InChI is InChI=1S/C31H29ClF4N4O4/c1-43-23-11-20(19-4-6-37-17-38-16-19)10-22(14-23)39-29(24-3-2-21(32)13-28(24)44-9-8-41)30(42)40-7-5-18-12-26(33)25(15-27(18)40)31(34,35)36/h2-3,10-17,19,29,39,41H,4-9H2,1H3. The Morgan fingerprint density at radius 2 is 2.02 bits per heavy atom. The van der Waals surface area contributed by atoms with Gasteiger partial charge in [-0.3, -0.25) is 9.79 Å². The number of ether oxygens (including phenoxy) is 2. The van der Waals surface area contributed by atoms with Crippen molar-refractivity contribution in [2.75, 3.05) is 43.6 Å². The molecule has 3 aromatic carbocycles. The molecule has 2 heterocycles. The zero-order chi connectivity index (χ0) is 31.4. The molecule has 0 radical (unpaired) electrons. The Balaban J connectivity index is 1.59. The fourth-order valence-corrected chi connectivity index (χ4v) is 5.46. The molecule has 0 aromatic heterocycles. The first kappa shape index (κ1) is 31.3. The molecule has 0 fully saturated rings. The number of aliphatic hydroxyl groups excluding tert-OH is 1. The van der Waals surface area contributed by atoms with Crippen LogP contribution in [0.3, 0.4) is 0 Å². The van der Waals surface area contributed by atoms with Gasteiger partial charge in [0.25, 0.3) is 5.91 Å². The number of aliphatic imine (C=N–C) groups is 2. The van der Waals surface area contributed by atoms with E-state index < -0.39 is 29.5 Å². The Labute approximate surface area is 256 Å². The third kappa shape index (κ3) is 6.81. The van der Waals surface area contributed by atoms with Crippen LogP contribution in [-0.4, -0.2) is 57.0 Å². The number of carbonyl (C=O) groups is 1. The van der Waals surface area contributed by atoms with Crippen LogP contribution < -0.4 is 19.7 Å². The van der Waals surface area contributed by atoms with E-state index in [1.54, 1.807) is 24.4 Å². The number of benzene rings is 3. The van der Waals surface area contributed by atoms with Crippen LogP contribution in [0.15, 0.2) is 58.5 Å². The van der Waals surface area contributed by atoms with Gasteiger partial charge in [-0.1, -0.05) is 17.7 Å². The van der Waals surface area contributed by atoms with Gasteiger partial charge in [0.15, 0.2) is 0 Å².